The van der Waals surface area contributed by atoms with E-state index < -0.39 is 0 Å². The molecule has 0 aliphatic heterocycles. The summed E-state index contributed by atoms with van der Waals surface area (Å²) in [6.07, 6.45) is 0. The van der Waals surface area contributed by atoms with Gasteiger partial charge in [-0.25, -0.2) is 4.98 Å². The molecule has 1 N–H and O–H groups in total. The molecule has 0 bridgehead atoms. The van der Waals surface area contributed by atoms with Crippen molar-refractivity contribution in [2.45, 2.75) is 38.2 Å². The minimum Gasteiger partial charge on any atom is -0.347 e. The summed E-state index contributed by atoms with van der Waals surface area (Å²) in [5.74, 6) is 1.85. The molecular weight excluding hydrogens is 212 g/mol. The van der Waals surface area contributed by atoms with Crippen molar-refractivity contribution in [1.29, 1.82) is 0 Å². The van der Waals surface area contributed by atoms with Crippen LogP contribution in [0.3, 0.4) is 0 Å². The maximum absolute atomic E-state index is 5.05. The van der Waals surface area contributed by atoms with E-state index in [1.54, 1.807) is 0 Å². The molecule has 14 heavy (non-hydrogen) atoms. The van der Waals surface area contributed by atoms with E-state index in [2.05, 4.69) is 30.7 Å². The third kappa shape index (κ3) is 4.24. The minimum atomic E-state index is 0.265. The Morgan fingerprint density at radius 2 is 2.14 bits per heavy atom. The lowest BCUT2D eigenvalue weighted by atomic mass is 10.3. The smallest absolute Gasteiger partial charge is 0.130 e. The van der Waals surface area contributed by atoms with Crippen LogP contribution in [0.4, 0.5) is 0 Å². The molecule has 1 rings (SSSR count). The maximum Gasteiger partial charge on any atom is 0.130 e. The molecule has 0 saturated carbocycles. The zero-order chi connectivity index (χ0) is 10.8. The van der Waals surface area contributed by atoms with Crippen LogP contribution >= 0.6 is 24.0 Å². The van der Waals surface area contributed by atoms with Gasteiger partial charge in [0.25, 0.3) is 0 Å². The van der Waals surface area contributed by atoms with Crippen LogP contribution in [0, 0.1) is 11.6 Å². The van der Waals surface area contributed by atoms with E-state index in [0.29, 0.717) is 4.64 Å². The summed E-state index contributed by atoms with van der Waals surface area (Å²) in [6, 6.07) is 1.88. The summed E-state index contributed by atoms with van der Waals surface area (Å²) < 4.78 is 0.937. The highest BCUT2D eigenvalue weighted by molar-refractivity contribution is 7.99. The first-order valence-electron chi connectivity index (χ1n) is 4.58. The van der Waals surface area contributed by atoms with Gasteiger partial charge < -0.3 is 4.98 Å². The number of rotatable bonds is 2. The van der Waals surface area contributed by atoms with Crippen molar-refractivity contribution < 1.29 is 0 Å². The summed E-state index contributed by atoms with van der Waals surface area (Å²) in [6.45, 7) is 8.59. The predicted octanol–water partition coefficient (Wildman–Crippen LogP) is 3.48. The molecule has 1 heterocycles. The molecule has 0 unspecified atom stereocenters. The summed E-state index contributed by atoms with van der Waals surface area (Å²) >= 11 is 6.92. The van der Waals surface area contributed by atoms with E-state index >= 15 is 0 Å². The predicted molar refractivity (Wildman–Crippen MR) is 65.2 cm³/mol. The van der Waals surface area contributed by atoms with Crippen LogP contribution in [0.1, 0.15) is 32.3 Å². The van der Waals surface area contributed by atoms with E-state index in [9.17, 15) is 0 Å². The lowest BCUT2D eigenvalue weighted by molar-refractivity contribution is 0.799. The third-order valence-electron chi connectivity index (χ3n) is 1.57. The number of H-pyrrole nitrogens is 1. The monoisotopic (exact) mass is 228 g/mol. The molecule has 0 aliphatic carbocycles. The highest BCUT2D eigenvalue weighted by atomic mass is 32.2. The fraction of sp³-hybridized carbons (Fsp3) is 0.600. The van der Waals surface area contributed by atoms with Crippen LogP contribution in [0.15, 0.2) is 6.07 Å². The standard InChI is InChI=1S/C10H16N2S2/c1-7-5-9(13)12-8(11-7)6-14-10(2,3)4/h5H,6H2,1-4H3,(H,11,12,13). The molecule has 0 aromatic carbocycles. The van der Waals surface area contributed by atoms with Crippen LogP contribution in [-0.2, 0) is 5.75 Å². The van der Waals surface area contributed by atoms with Gasteiger partial charge in [0.2, 0.25) is 0 Å². The van der Waals surface area contributed by atoms with Gasteiger partial charge in [-0.05, 0) is 13.0 Å². The zero-order valence-electron chi connectivity index (χ0n) is 9.05. The Morgan fingerprint density at radius 3 is 2.64 bits per heavy atom. The summed E-state index contributed by atoms with van der Waals surface area (Å²) in [7, 11) is 0. The van der Waals surface area contributed by atoms with E-state index in [4.69, 9.17) is 12.2 Å². The molecule has 4 heteroatoms. The fourth-order valence-corrected chi connectivity index (χ4v) is 1.99. The Kier molecular flexibility index (Phi) is 3.72. The van der Waals surface area contributed by atoms with Gasteiger partial charge in [0, 0.05) is 10.4 Å². The number of hydrogen-bond acceptors (Lipinski definition) is 3. The summed E-state index contributed by atoms with van der Waals surface area (Å²) in [5, 5.41) is 0. The molecular formula is C10H16N2S2. The molecule has 78 valence electrons. The van der Waals surface area contributed by atoms with Gasteiger partial charge in [-0.3, -0.25) is 0 Å². The molecule has 1 aromatic heterocycles. The van der Waals surface area contributed by atoms with Crippen molar-refractivity contribution in [1.82, 2.24) is 9.97 Å². The number of aryl methyl sites for hydroxylation is 1. The van der Waals surface area contributed by atoms with E-state index in [0.717, 1.165) is 17.3 Å². The average molecular weight is 228 g/mol. The number of nitrogens with one attached hydrogen (secondary N) is 1. The Morgan fingerprint density at radius 1 is 1.50 bits per heavy atom. The molecule has 0 radical (unpaired) electrons. The number of aromatic amines is 1. The van der Waals surface area contributed by atoms with Gasteiger partial charge >= 0.3 is 0 Å². The number of hydrogen-bond donors (Lipinski definition) is 1. The average Bonchev–Trinajstić information content (AvgIpc) is 1.97. The van der Waals surface area contributed by atoms with Crippen LogP contribution in [0.25, 0.3) is 0 Å². The van der Waals surface area contributed by atoms with Gasteiger partial charge in [-0.2, -0.15) is 0 Å². The first-order valence-corrected chi connectivity index (χ1v) is 5.97. The first-order chi connectivity index (χ1) is 6.37. The van der Waals surface area contributed by atoms with Gasteiger partial charge in [0.1, 0.15) is 10.5 Å². The molecule has 0 saturated heterocycles. The van der Waals surface area contributed by atoms with Crippen molar-refractivity contribution in [3.63, 3.8) is 0 Å². The van der Waals surface area contributed by atoms with Crippen LogP contribution in [0.5, 0.6) is 0 Å². The normalized spacial score (nSPS) is 11.7. The Balaban J connectivity index is 2.73. The van der Waals surface area contributed by atoms with Crippen LogP contribution < -0.4 is 0 Å². The lowest BCUT2D eigenvalue weighted by Crippen LogP contribution is -2.08. The molecule has 2 nitrogen and oxygen atoms in total. The molecule has 0 amide bonds. The second kappa shape index (κ2) is 4.45. The van der Waals surface area contributed by atoms with Crippen molar-refractivity contribution >= 4 is 24.0 Å². The van der Waals surface area contributed by atoms with E-state index in [-0.39, 0.29) is 4.75 Å². The summed E-state index contributed by atoms with van der Waals surface area (Å²) in [5.41, 5.74) is 1.08. The highest BCUT2D eigenvalue weighted by Crippen LogP contribution is 2.25. The zero-order valence-corrected chi connectivity index (χ0v) is 10.7. The van der Waals surface area contributed by atoms with Crippen molar-refractivity contribution in [2.75, 3.05) is 0 Å². The van der Waals surface area contributed by atoms with Crippen LogP contribution in [-0.4, -0.2) is 14.7 Å². The SMILES string of the molecule is Cc1cc(=S)nc(CSC(C)(C)C)[nH]1. The Hall–Kier alpha value is -0.350. The largest absolute Gasteiger partial charge is 0.347 e. The highest BCUT2D eigenvalue weighted by Gasteiger charge is 2.11. The second-order valence-electron chi connectivity index (χ2n) is 4.25. The Labute approximate surface area is 94.5 Å². The lowest BCUT2D eigenvalue weighted by Gasteiger charge is -2.16. The van der Waals surface area contributed by atoms with E-state index in [1.807, 2.05) is 24.8 Å². The van der Waals surface area contributed by atoms with Gasteiger partial charge in [-0.15, -0.1) is 11.8 Å². The molecule has 0 aliphatic rings. The quantitative estimate of drug-likeness (QED) is 0.786. The maximum atomic E-state index is 5.05. The number of thioether (sulfide) groups is 1. The molecule has 0 fully saturated rings. The molecule has 1 aromatic rings. The first kappa shape index (κ1) is 11.7. The van der Waals surface area contributed by atoms with Gasteiger partial charge in [0.15, 0.2) is 0 Å². The third-order valence-corrected chi connectivity index (χ3v) is 3.06. The number of nitrogens with zero attached hydrogens (tertiary/aromatic N) is 1. The van der Waals surface area contributed by atoms with Gasteiger partial charge in [0.05, 0.1) is 5.75 Å². The summed E-state index contributed by atoms with van der Waals surface area (Å²) in [4.78, 5) is 7.50. The molecule has 0 atom stereocenters. The fourth-order valence-electron chi connectivity index (χ4n) is 0.995. The van der Waals surface area contributed by atoms with Crippen molar-refractivity contribution in [3.8, 4) is 0 Å². The number of aromatic nitrogens is 2. The topological polar surface area (TPSA) is 28.7 Å². The van der Waals surface area contributed by atoms with Gasteiger partial charge in [-0.1, -0.05) is 33.0 Å². The van der Waals surface area contributed by atoms with Crippen molar-refractivity contribution in [2.24, 2.45) is 0 Å². The Bertz CT molecular complexity index is 363. The second-order valence-corrected chi connectivity index (χ2v) is 6.47. The van der Waals surface area contributed by atoms with Crippen molar-refractivity contribution in [3.05, 3.63) is 22.2 Å². The van der Waals surface area contributed by atoms with E-state index in [1.165, 1.54) is 0 Å². The minimum absolute atomic E-state index is 0.265. The van der Waals surface area contributed by atoms with Crippen LogP contribution in [0.2, 0.25) is 0 Å². The molecule has 0 spiro atoms.